The molecule has 0 spiro atoms. The normalized spacial score (nSPS) is 16.8. The fourth-order valence-electron chi connectivity index (χ4n) is 1.83. The fraction of sp³-hybridized carbons (Fsp3) is 0.417. The first-order valence-electron chi connectivity index (χ1n) is 5.60. The molecule has 0 atom stereocenters. The lowest BCUT2D eigenvalue weighted by molar-refractivity contribution is -0.122. The second-order valence-electron chi connectivity index (χ2n) is 4.11. The van der Waals surface area contributed by atoms with Crippen LogP contribution in [0.2, 0.25) is 0 Å². The molecule has 4 nitrogen and oxygen atoms in total. The molecule has 92 valence electrons. The quantitative estimate of drug-likeness (QED) is 0.772. The van der Waals surface area contributed by atoms with E-state index in [2.05, 4.69) is 5.32 Å². The molecular weight excluding hydrogens is 223 g/mol. The fourth-order valence-corrected chi connectivity index (χ4v) is 1.83. The number of carbonyl (C=O) groups excluding carboxylic acids is 1. The number of ether oxygens (including phenoxy) is 1. The van der Waals surface area contributed by atoms with Crippen molar-refractivity contribution < 1.29 is 13.9 Å². The van der Waals surface area contributed by atoms with Gasteiger partial charge < -0.3 is 15.8 Å². The van der Waals surface area contributed by atoms with Crippen molar-refractivity contribution in [1.82, 2.24) is 0 Å². The molecule has 1 saturated heterocycles. The topological polar surface area (TPSA) is 64.3 Å². The Kier molecular flexibility index (Phi) is 3.58. The Bertz CT molecular complexity index is 417. The molecule has 0 bridgehead atoms. The zero-order valence-corrected chi connectivity index (χ0v) is 9.41. The van der Waals surface area contributed by atoms with Crippen LogP contribution in [0.15, 0.2) is 18.2 Å². The molecule has 0 saturated carbocycles. The SMILES string of the molecule is Nc1ccc(F)cc1NC(=O)C1CCOCC1. The van der Waals surface area contributed by atoms with Gasteiger partial charge in [0.15, 0.2) is 0 Å². The minimum Gasteiger partial charge on any atom is -0.397 e. The summed E-state index contributed by atoms with van der Waals surface area (Å²) in [6, 6.07) is 3.93. The second-order valence-corrected chi connectivity index (χ2v) is 4.11. The predicted octanol–water partition coefficient (Wildman–Crippen LogP) is 1.77. The summed E-state index contributed by atoms with van der Waals surface area (Å²) in [6.45, 7) is 1.19. The zero-order chi connectivity index (χ0) is 12.3. The van der Waals surface area contributed by atoms with E-state index in [0.29, 0.717) is 37.4 Å². The Morgan fingerprint density at radius 1 is 1.41 bits per heavy atom. The molecule has 0 radical (unpaired) electrons. The van der Waals surface area contributed by atoms with Crippen LogP contribution in [0.5, 0.6) is 0 Å². The zero-order valence-electron chi connectivity index (χ0n) is 9.41. The Morgan fingerprint density at radius 2 is 2.12 bits per heavy atom. The highest BCUT2D eigenvalue weighted by atomic mass is 19.1. The van der Waals surface area contributed by atoms with Crippen LogP contribution in [-0.2, 0) is 9.53 Å². The van der Waals surface area contributed by atoms with Crippen LogP contribution in [0.4, 0.5) is 15.8 Å². The van der Waals surface area contributed by atoms with Crippen molar-refractivity contribution in [3.05, 3.63) is 24.0 Å². The van der Waals surface area contributed by atoms with Crippen LogP contribution in [0, 0.1) is 11.7 Å². The van der Waals surface area contributed by atoms with Crippen LogP contribution < -0.4 is 11.1 Å². The highest BCUT2D eigenvalue weighted by molar-refractivity contribution is 5.95. The van der Waals surface area contributed by atoms with Crippen LogP contribution in [0.1, 0.15) is 12.8 Å². The molecule has 17 heavy (non-hydrogen) atoms. The number of hydrogen-bond donors (Lipinski definition) is 2. The van der Waals surface area contributed by atoms with Gasteiger partial charge in [-0.25, -0.2) is 4.39 Å². The van der Waals surface area contributed by atoms with Crippen molar-refractivity contribution in [2.24, 2.45) is 5.92 Å². The van der Waals surface area contributed by atoms with Gasteiger partial charge in [0.05, 0.1) is 11.4 Å². The van der Waals surface area contributed by atoms with Gasteiger partial charge in [-0.05, 0) is 31.0 Å². The molecule has 1 aliphatic rings. The predicted molar refractivity (Wildman–Crippen MR) is 63.0 cm³/mol. The number of anilines is 2. The largest absolute Gasteiger partial charge is 0.397 e. The van der Waals surface area contributed by atoms with Crippen molar-refractivity contribution in [3.63, 3.8) is 0 Å². The number of nitrogen functional groups attached to an aromatic ring is 1. The number of rotatable bonds is 2. The smallest absolute Gasteiger partial charge is 0.227 e. The Labute approximate surface area is 98.9 Å². The molecule has 5 heteroatoms. The van der Waals surface area contributed by atoms with E-state index >= 15 is 0 Å². The number of carbonyl (C=O) groups is 1. The standard InChI is InChI=1S/C12H15FN2O2/c13-9-1-2-10(14)11(7-9)15-12(16)8-3-5-17-6-4-8/h1-2,7-8H,3-6,14H2,(H,15,16). The van der Waals surface area contributed by atoms with Crippen molar-refractivity contribution in [2.75, 3.05) is 24.3 Å². The molecule has 0 aliphatic carbocycles. The Morgan fingerprint density at radius 3 is 2.82 bits per heavy atom. The van der Waals surface area contributed by atoms with E-state index < -0.39 is 5.82 Å². The molecule has 0 aromatic heterocycles. The lowest BCUT2D eigenvalue weighted by Crippen LogP contribution is -2.28. The third-order valence-electron chi connectivity index (χ3n) is 2.87. The lowest BCUT2D eigenvalue weighted by atomic mass is 9.99. The third-order valence-corrected chi connectivity index (χ3v) is 2.87. The first kappa shape index (κ1) is 11.9. The first-order chi connectivity index (χ1) is 8.16. The van der Waals surface area contributed by atoms with Gasteiger partial charge in [0, 0.05) is 19.1 Å². The van der Waals surface area contributed by atoms with Crippen molar-refractivity contribution in [3.8, 4) is 0 Å². The van der Waals surface area contributed by atoms with Gasteiger partial charge >= 0.3 is 0 Å². The van der Waals surface area contributed by atoms with Gasteiger partial charge in [-0.3, -0.25) is 4.79 Å². The molecule has 1 aromatic rings. The summed E-state index contributed by atoms with van der Waals surface area (Å²) in [4.78, 5) is 11.9. The average molecular weight is 238 g/mol. The molecular formula is C12H15FN2O2. The maximum absolute atomic E-state index is 13.0. The van der Waals surface area contributed by atoms with Crippen molar-refractivity contribution in [2.45, 2.75) is 12.8 Å². The maximum atomic E-state index is 13.0. The van der Waals surface area contributed by atoms with Gasteiger partial charge in [0.1, 0.15) is 5.82 Å². The maximum Gasteiger partial charge on any atom is 0.227 e. The van der Waals surface area contributed by atoms with Gasteiger partial charge in [0.2, 0.25) is 5.91 Å². The summed E-state index contributed by atoms with van der Waals surface area (Å²) >= 11 is 0. The van der Waals surface area contributed by atoms with Crippen LogP contribution >= 0.6 is 0 Å². The van der Waals surface area contributed by atoms with Gasteiger partial charge in [-0.2, -0.15) is 0 Å². The highest BCUT2D eigenvalue weighted by Crippen LogP contribution is 2.22. The van der Waals surface area contributed by atoms with E-state index in [-0.39, 0.29) is 11.8 Å². The first-order valence-corrected chi connectivity index (χ1v) is 5.60. The highest BCUT2D eigenvalue weighted by Gasteiger charge is 2.22. The molecule has 0 unspecified atom stereocenters. The molecule has 3 N–H and O–H groups in total. The summed E-state index contributed by atoms with van der Waals surface area (Å²) < 4.78 is 18.2. The monoisotopic (exact) mass is 238 g/mol. The van der Waals surface area contributed by atoms with E-state index in [9.17, 15) is 9.18 Å². The van der Waals surface area contributed by atoms with Crippen LogP contribution in [-0.4, -0.2) is 19.1 Å². The Balaban J connectivity index is 2.04. The Hall–Kier alpha value is -1.62. The van der Waals surface area contributed by atoms with E-state index in [1.807, 2.05) is 0 Å². The minimum absolute atomic E-state index is 0.0774. The molecule has 1 aromatic carbocycles. The van der Waals surface area contributed by atoms with Crippen molar-refractivity contribution >= 4 is 17.3 Å². The number of amides is 1. The summed E-state index contributed by atoms with van der Waals surface area (Å²) in [5.41, 5.74) is 6.36. The number of nitrogens with one attached hydrogen (secondary N) is 1. The summed E-state index contributed by atoms with van der Waals surface area (Å²) in [7, 11) is 0. The van der Waals surface area contributed by atoms with E-state index in [1.54, 1.807) is 0 Å². The summed E-state index contributed by atoms with van der Waals surface area (Å²) in [6.07, 6.45) is 1.39. The van der Waals surface area contributed by atoms with E-state index in [1.165, 1.54) is 18.2 Å². The van der Waals surface area contributed by atoms with Gasteiger partial charge in [-0.1, -0.05) is 0 Å². The minimum atomic E-state index is -0.415. The molecule has 1 fully saturated rings. The average Bonchev–Trinajstić information content (AvgIpc) is 2.35. The number of benzene rings is 1. The van der Waals surface area contributed by atoms with Crippen molar-refractivity contribution in [1.29, 1.82) is 0 Å². The second kappa shape index (κ2) is 5.14. The van der Waals surface area contributed by atoms with E-state index in [0.717, 1.165) is 0 Å². The molecule has 1 amide bonds. The van der Waals surface area contributed by atoms with Gasteiger partial charge in [0.25, 0.3) is 0 Å². The molecule has 2 rings (SSSR count). The number of nitrogens with two attached hydrogens (primary N) is 1. The third kappa shape index (κ3) is 2.94. The van der Waals surface area contributed by atoms with Gasteiger partial charge in [-0.15, -0.1) is 0 Å². The summed E-state index contributed by atoms with van der Waals surface area (Å²) in [5.74, 6) is -0.613. The molecule has 1 heterocycles. The number of halogens is 1. The van der Waals surface area contributed by atoms with E-state index in [4.69, 9.17) is 10.5 Å². The number of hydrogen-bond acceptors (Lipinski definition) is 3. The summed E-state index contributed by atoms with van der Waals surface area (Å²) in [5, 5.41) is 2.66. The molecule has 1 aliphatic heterocycles. The van der Waals surface area contributed by atoms with Crippen LogP contribution in [0.3, 0.4) is 0 Å². The van der Waals surface area contributed by atoms with Crippen LogP contribution in [0.25, 0.3) is 0 Å². The lowest BCUT2D eigenvalue weighted by Gasteiger charge is -2.21.